The summed E-state index contributed by atoms with van der Waals surface area (Å²) in [6.07, 6.45) is 0.945. The van der Waals surface area contributed by atoms with Gasteiger partial charge in [-0.1, -0.05) is 60.2 Å². The van der Waals surface area contributed by atoms with Crippen LogP contribution in [-0.4, -0.2) is 27.5 Å². The fourth-order valence-corrected chi connectivity index (χ4v) is 6.03. The number of hydrogen-bond acceptors (Lipinski definition) is 4. The van der Waals surface area contributed by atoms with E-state index in [1.807, 2.05) is 6.92 Å². The fraction of sp³-hybridized carbons (Fsp3) is 0.259. The number of aromatic nitrogens is 1. The molecule has 0 radical (unpaired) electrons. The molecule has 5 rings (SSSR count). The van der Waals surface area contributed by atoms with Crippen LogP contribution < -0.4 is 0 Å². The molecule has 0 aliphatic carbocycles. The molecule has 1 aliphatic heterocycles. The lowest BCUT2D eigenvalue weighted by Crippen LogP contribution is -2.29. The van der Waals surface area contributed by atoms with Crippen molar-refractivity contribution >= 4 is 27.5 Å². The summed E-state index contributed by atoms with van der Waals surface area (Å²) in [5.41, 5.74) is 7.66. The second-order valence-electron chi connectivity index (χ2n) is 8.62. The number of aliphatic carboxylic acids is 1. The van der Waals surface area contributed by atoms with Gasteiger partial charge >= 0.3 is 5.97 Å². The number of nitrogens with zero attached hydrogens (tertiary/aromatic N) is 2. The standard InChI is InChI=1S/C27H26N2O2S/c1-17-8-10-20(11-9-17)25-22(14-24(30)31)18(2)28-27-26(25)21-12-13-29(16-23(21)32-27)15-19-6-4-3-5-7-19/h3-11H,12-16H2,1-2H3,(H,30,31). The highest BCUT2D eigenvalue weighted by atomic mass is 32.1. The summed E-state index contributed by atoms with van der Waals surface area (Å²) in [4.78, 5) is 21.5. The first-order chi connectivity index (χ1) is 15.5. The van der Waals surface area contributed by atoms with E-state index in [-0.39, 0.29) is 6.42 Å². The van der Waals surface area contributed by atoms with Gasteiger partial charge in [0.1, 0.15) is 4.83 Å². The van der Waals surface area contributed by atoms with Gasteiger partial charge in [0.25, 0.3) is 0 Å². The molecule has 0 spiro atoms. The zero-order chi connectivity index (χ0) is 22.2. The molecular weight excluding hydrogens is 416 g/mol. The summed E-state index contributed by atoms with van der Waals surface area (Å²) >= 11 is 1.77. The van der Waals surface area contributed by atoms with Gasteiger partial charge in [-0.05, 0) is 48.1 Å². The summed E-state index contributed by atoms with van der Waals surface area (Å²) in [5.74, 6) is -0.819. The molecule has 0 bridgehead atoms. The average Bonchev–Trinajstić information content (AvgIpc) is 3.12. The zero-order valence-electron chi connectivity index (χ0n) is 18.4. The van der Waals surface area contributed by atoms with Crippen molar-refractivity contribution in [3.05, 3.63) is 87.4 Å². The van der Waals surface area contributed by atoms with Gasteiger partial charge in [-0.3, -0.25) is 9.69 Å². The van der Waals surface area contributed by atoms with Crippen molar-refractivity contribution in [3.63, 3.8) is 0 Å². The van der Waals surface area contributed by atoms with E-state index in [1.165, 1.54) is 21.6 Å². The molecule has 1 N–H and O–H groups in total. The Kier molecular flexibility index (Phi) is 5.53. The van der Waals surface area contributed by atoms with Crippen molar-refractivity contribution in [2.24, 2.45) is 0 Å². The SMILES string of the molecule is Cc1ccc(-c2c(CC(=O)O)c(C)nc3sc4c(c23)CCN(Cc2ccccc2)C4)cc1. The van der Waals surface area contributed by atoms with Crippen LogP contribution in [0, 0.1) is 13.8 Å². The van der Waals surface area contributed by atoms with E-state index in [0.29, 0.717) is 0 Å². The van der Waals surface area contributed by atoms with E-state index in [0.717, 1.165) is 58.7 Å². The number of aryl methyl sites for hydroxylation is 2. The summed E-state index contributed by atoms with van der Waals surface area (Å²) in [6, 6.07) is 19.0. The highest BCUT2D eigenvalue weighted by Gasteiger charge is 2.26. The predicted molar refractivity (Wildman–Crippen MR) is 130 cm³/mol. The summed E-state index contributed by atoms with van der Waals surface area (Å²) in [7, 11) is 0. The van der Waals surface area contributed by atoms with E-state index in [9.17, 15) is 9.90 Å². The summed E-state index contributed by atoms with van der Waals surface area (Å²) in [5, 5.41) is 10.8. The van der Waals surface area contributed by atoms with Crippen LogP contribution >= 0.6 is 11.3 Å². The normalized spacial score (nSPS) is 13.9. The van der Waals surface area contributed by atoms with Crippen LogP contribution in [0.25, 0.3) is 21.3 Å². The minimum absolute atomic E-state index is 0.0112. The van der Waals surface area contributed by atoms with Gasteiger partial charge in [-0.15, -0.1) is 11.3 Å². The highest BCUT2D eigenvalue weighted by Crippen LogP contribution is 2.42. The third-order valence-corrected chi connectivity index (χ3v) is 7.40. The van der Waals surface area contributed by atoms with E-state index in [4.69, 9.17) is 4.98 Å². The van der Waals surface area contributed by atoms with Crippen LogP contribution in [0.4, 0.5) is 0 Å². The van der Waals surface area contributed by atoms with Crippen LogP contribution in [0.1, 0.15) is 32.8 Å². The van der Waals surface area contributed by atoms with E-state index in [2.05, 4.69) is 66.4 Å². The maximum absolute atomic E-state index is 11.7. The van der Waals surface area contributed by atoms with Crippen LogP contribution in [0.3, 0.4) is 0 Å². The topological polar surface area (TPSA) is 53.4 Å². The van der Waals surface area contributed by atoms with Gasteiger partial charge in [0.2, 0.25) is 0 Å². The molecule has 0 saturated heterocycles. The largest absolute Gasteiger partial charge is 0.481 e. The van der Waals surface area contributed by atoms with Crippen molar-refractivity contribution in [2.45, 2.75) is 39.8 Å². The molecule has 0 unspecified atom stereocenters. The van der Waals surface area contributed by atoms with E-state index < -0.39 is 5.97 Å². The molecule has 162 valence electrons. The first-order valence-corrected chi connectivity index (χ1v) is 11.8. The Morgan fingerprint density at radius 3 is 2.56 bits per heavy atom. The molecule has 0 amide bonds. The Morgan fingerprint density at radius 1 is 1.09 bits per heavy atom. The third-order valence-electron chi connectivity index (χ3n) is 6.29. The second kappa shape index (κ2) is 8.49. The molecule has 1 aliphatic rings. The van der Waals surface area contributed by atoms with Gasteiger partial charge in [0.15, 0.2) is 0 Å². The quantitative estimate of drug-likeness (QED) is 0.427. The number of thiophene rings is 1. The highest BCUT2D eigenvalue weighted by molar-refractivity contribution is 7.19. The number of hydrogen-bond donors (Lipinski definition) is 1. The monoisotopic (exact) mass is 442 g/mol. The molecule has 4 aromatic rings. The van der Waals surface area contributed by atoms with Crippen LogP contribution in [0.5, 0.6) is 0 Å². The lowest BCUT2D eigenvalue weighted by molar-refractivity contribution is -0.136. The van der Waals surface area contributed by atoms with Crippen molar-refractivity contribution in [3.8, 4) is 11.1 Å². The maximum atomic E-state index is 11.7. The van der Waals surface area contributed by atoms with Crippen LogP contribution in [0.15, 0.2) is 54.6 Å². The molecule has 4 nitrogen and oxygen atoms in total. The number of rotatable bonds is 5. The summed E-state index contributed by atoms with van der Waals surface area (Å²) in [6.45, 7) is 6.85. The molecule has 5 heteroatoms. The number of carbonyl (C=O) groups is 1. The van der Waals surface area contributed by atoms with E-state index in [1.54, 1.807) is 11.3 Å². The molecule has 32 heavy (non-hydrogen) atoms. The molecule has 2 aromatic carbocycles. The zero-order valence-corrected chi connectivity index (χ0v) is 19.2. The van der Waals surface area contributed by atoms with Crippen molar-refractivity contribution < 1.29 is 9.90 Å². The lowest BCUT2D eigenvalue weighted by Gasteiger charge is -2.27. The Morgan fingerprint density at radius 2 is 1.84 bits per heavy atom. The van der Waals surface area contributed by atoms with Crippen molar-refractivity contribution in [1.29, 1.82) is 0 Å². The molecule has 0 saturated carbocycles. The second-order valence-corrected chi connectivity index (χ2v) is 9.70. The van der Waals surface area contributed by atoms with E-state index >= 15 is 0 Å². The first-order valence-electron chi connectivity index (χ1n) is 11.0. The maximum Gasteiger partial charge on any atom is 0.307 e. The van der Waals surface area contributed by atoms with Crippen molar-refractivity contribution in [1.82, 2.24) is 9.88 Å². The average molecular weight is 443 g/mol. The molecule has 3 heterocycles. The Labute approximate surface area is 192 Å². The predicted octanol–water partition coefficient (Wildman–Crippen LogP) is 5.77. The van der Waals surface area contributed by atoms with Crippen LogP contribution in [0.2, 0.25) is 0 Å². The van der Waals surface area contributed by atoms with Gasteiger partial charge < -0.3 is 5.11 Å². The van der Waals surface area contributed by atoms with Gasteiger partial charge in [-0.2, -0.15) is 0 Å². The Bertz CT molecular complexity index is 1290. The van der Waals surface area contributed by atoms with Crippen molar-refractivity contribution in [2.75, 3.05) is 6.54 Å². The third kappa shape index (κ3) is 3.94. The Hall–Kier alpha value is -3.02. The fourth-order valence-electron chi connectivity index (χ4n) is 4.71. The smallest absolute Gasteiger partial charge is 0.307 e. The molecule has 2 aromatic heterocycles. The summed E-state index contributed by atoms with van der Waals surface area (Å²) < 4.78 is 0. The Balaban J connectivity index is 1.62. The van der Waals surface area contributed by atoms with Gasteiger partial charge in [-0.25, -0.2) is 4.98 Å². The number of benzene rings is 2. The minimum Gasteiger partial charge on any atom is -0.481 e. The van der Waals surface area contributed by atoms with Crippen LogP contribution in [-0.2, 0) is 30.7 Å². The minimum atomic E-state index is -0.819. The molecule has 0 fully saturated rings. The lowest BCUT2D eigenvalue weighted by atomic mass is 9.90. The molecule has 0 atom stereocenters. The number of fused-ring (bicyclic) bond motifs is 3. The van der Waals surface area contributed by atoms with Gasteiger partial charge in [0.05, 0.1) is 6.42 Å². The van der Waals surface area contributed by atoms with Gasteiger partial charge in [0, 0.05) is 35.6 Å². The molecular formula is C27H26N2O2S. The number of pyridine rings is 1. The number of carboxylic acid groups (broad SMARTS) is 1. The first kappa shape index (κ1) is 20.9. The number of carboxylic acids is 1.